The molecule has 0 bridgehead atoms. The maximum Gasteiger partial charge on any atom is 0.326 e. The zero-order valence-electron chi connectivity index (χ0n) is 19.8. The topological polar surface area (TPSA) is 87.2 Å². The number of H-pyrrole nitrogens is 1. The van der Waals surface area contributed by atoms with Crippen molar-refractivity contribution < 1.29 is 14.0 Å². The molecule has 0 atom stereocenters. The first-order valence-corrected chi connectivity index (χ1v) is 12.2. The average Bonchev–Trinajstić information content (AvgIpc) is 3.13. The third-order valence-corrected chi connectivity index (χ3v) is 7.75. The van der Waals surface area contributed by atoms with Gasteiger partial charge in [0.1, 0.15) is 11.6 Å². The zero-order chi connectivity index (χ0) is 23.7. The standard InChI is InChI=1S/C25H35FN4O3/c1-15(2)16-4-6-17(7-5-16)23(31)14-29-10-8-18(9-11-29)30-22-13-20(26)19(24(32)27-3)12-21(22)28-25(30)33/h12-13,15-18H,4-11,14H2,1-3H3,(H,27,32)(H,28,33). The summed E-state index contributed by atoms with van der Waals surface area (Å²) in [5.74, 6) is 0.798. The molecule has 2 aromatic rings. The molecule has 0 radical (unpaired) electrons. The number of amides is 1. The van der Waals surface area contributed by atoms with E-state index in [1.807, 2.05) is 0 Å². The Labute approximate surface area is 193 Å². The SMILES string of the molecule is CNC(=O)c1cc2[nH]c(=O)n(C3CCN(CC(=O)C4CCC(C(C)C)CC4)CC3)c2cc1F. The number of aromatic nitrogens is 2. The van der Waals surface area contributed by atoms with E-state index in [1.165, 1.54) is 19.2 Å². The zero-order valence-corrected chi connectivity index (χ0v) is 19.8. The Bertz CT molecular complexity index is 1070. The average molecular weight is 459 g/mol. The van der Waals surface area contributed by atoms with Crippen molar-refractivity contribution in [1.29, 1.82) is 0 Å². The first-order valence-electron chi connectivity index (χ1n) is 12.2. The molecule has 0 unspecified atom stereocenters. The predicted molar refractivity (Wildman–Crippen MR) is 126 cm³/mol. The number of nitrogens with zero attached hydrogens (tertiary/aromatic N) is 2. The minimum absolute atomic E-state index is 0.0654. The molecule has 1 aromatic carbocycles. The quantitative estimate of drug-likeness (QED) is 0.694. The van der Waals surface area contributed by atoms with Crippen LogP contribution in [0.1, 0.15) is 68.8 Å². The lowest BCUT2D eigenvalue weighted by molar-refractivity contribution is -0.125. The van der Waals surface area contributed by atoms with Gasteiger partial charge in [-0.3, -0.25) is 19.1 Å². The molecule has 1 saturated carbocycles. The molecular formula is C25H35FN4O3. The Morgan fingerprint density at radius 1 is 1.12 bits per heavy atom. The van der Waals surface area contributed by atoms with Crippen molar-refractivity contribution >= 4 is 22.7 Å². The molecule has 8 heteroatoms. The normalized spacial score (nSPS) is 22.7. The number of imidazole rings is 1. The predicted octanol–water partition coefficient (Wildman–Crippen LogP) is 3.50. The number of carbonyl (C=O) groups excluding carboxylic acids is 2. The number of hydrogen-bond donors (Lipinski definition) is 2. The molecule has 1 aromatic heterocycles. The molecular weight excluding hydrogens is 423 g/mol. The van der Waals surface area contributed by atoms with Crippen LogP contribution in [0.4, 0.5) is 4.39 Å². The molecule has 1 saturated heterocycles. The van der Waals surface area contributed by atoms with Crippen molar-refractivity contribution in [2.45, 2.75) is 58.4 Å². The number of benzene rings is 1. The van der Waals surface area contributed by atoms with E-state index in [0.717, 1.165) is 57.5 Å². The number of piperidine rings is 1. The second kappa shape index (κ2) is 9.79. The molecule has 0 spiro atoms. The van der Waals surface area contributed by atoms with Gasteiger partial charge in [-0.05, 0) is 56.4 Å². The highest BCUT2D eigenvalue weighted by molar-refractivity contribution is 5.97. The molecule has 7 nitrogen and oxygen atoms in total. The van der Waals surface area contributed by atoms with E-state index in [2.05, 4.69) is 29.0 Å². The summed E-state index contributed by atoms with van der Waals surface area (Å²) in [7, 11) is 1.44. The fourth-order valence-electron chi connectivity index (χ4n) is 5.61. The summed E-state index contributed by atoms with van der Waals surface area (Å²) in [6, 6.07) is 2.59. The van der Waals surface area contributed by atoms with E-state index in [1.54, 1.807) is 4.57 Å². The Morgan fingerprint density at radius 3 is 2.39 bits per heavy atom. The van der Waals surface area contributed by atoms with Crippen LogP contribution < -0.4 is 11.0 Å². The number of nitrogens with one attached hydrogen (secondary N) is 2. The van der Waals surface area contributed by atoms with E-state index >= 15 is 0 Å². The van der Waals surface area contributed by atoms with E-state index in [-0.39, 0.29) is 23.2 Å². The lowest BCUT2D eigenvalue weighted by Gasteiger charge is -2.34. The Kier molecular flexibility index (Phi) is 7.02. The summed E-state index contributed by atoms with van der Waals surface area (Å²) in [5.41, 5.74) is 0.542. The highest BCUT2D eigenvalue weighted by Gasteiger charge is 2.30. The molecule has 2 heterocycles. The van der Waals surface area contributed by atoms with Gasteiger partial charge < -0.3 is 10.3 Å². The largest absolute Gasteiger partial charge is 0.355 e. The first kappa shape index (κ1) is 23.7. The second-order valence-electron chi connectivity index (χ2n) is 10.1. The van der Waals surface area contributed by atoms with Crippen molar-refractivity contribution in [3.05, 3.63) is 34.0 Å². The van der Waals surface area contributed by atoms with Gasteiger partial charge in [-0.1, -0.05) is 13.8 Å². The van der Waals surface area contributed by atoms with Gasteiger partial charge >= 0.3 is 5.69 Å². The third-order valence-electron chi connectivity index (χ3n) is 7.75. The van der Waals surface area contributed by atoms with Gasteiger partial charge in [-0.15, -0.1) is 0 Å². The van der Waals surface area contributed by atoms with E-state index in [0.29, 0.717) is 29.3 Å². The van der Waals surface area contributed by atoms with Gasteiger partial charge in [-0.25, -0.2) is 9.18 Å². The number of hydrogen-bond acceptors (Lipinski definition) is 4. The van der Waals surface area contributed by atoms with Crippen molar-refractivity contribution in [2.75, 3.05) is 26.7 Å². The fraction of sp³-hybridized carbons (Fsp3) is 0.640. The number of Topliss-reactive ketones (excluding diaryl/α,β-unsaturated/α-hetero) is 1. The molecule has 33 heavy (non-hydrogen) atoms. The molecule has 180 valence electrons. The van der Waals surface area contributed by atoms with Gasteiger partial charge in [0, 0.05) is 38.2 Å². The monoisotopic (exact) mass is 458 g/mol. The van der Waals surface area contributed by atoms with Crippen LogP contribution in [0.3, 0.4) is 0 Å². The summed E-state index contributed by atoms with van der Waals surface area (Å²) >= 11 is 0. The first-order chi connectivity index (χ1) is 15.8. The number of rotatable bonds is 6. The molecule has 4 rings (SSSR count). The summed E-state index contributed by atoms with van der Waals surface area (Å²) in [6.07, 6.45) is 5.76. The molecule has 2 aliphatic rings. The maximum absolute atomic E-state index is 14.5. The Hall–Kier alpha value is -2.48. The van der Waals surface area contributed by atoms with Crippen LogP contribution in [-0.4, -0.2) is 52.8 Å². The Balaban J connectivity index is 1.38. The number of carbonyl (C=O) groups is 2. The number of ketones is 1. The highest BCUT2D eigenvalue weighted by Crippen LogP contribution is 2.34. The summed E-state index contributed by atoms with van der Waals surface area (Å²) in [6.45, 7) is 6.48. The van der Waals surface area contributed by atoms with Gasteiger partial charge in [0.05, 0.1) is 23.1 Å². The summed E-state index contributed by atoms with van der Waals surface area (Å²) < 4.78 is 16.1. The van der Waals surface area contributed by atoms with Gasteiger partial charge in [0.25, 0.3) is 5.91 Å². The van der Waals surface area contributed by atoms with Crippen molar-refractivity contribution in [1.82, 2.24) is 19.8 Å². The minimum Gasteiger partial charge on any atom is -0.355 e. The molecule has 1 amide bonds. The summed E-state index contributed by atoms with van der Waals surface area (Å²) in [5, 5.41) is 2.41. The van der Waals surface area contributed by atoms with E-state index < -0.39 is 11.7 Å². The molecule has 2 fully saturated rings. The van der Waals surface area contributed by atoms with E-state index in [9.17, 15) is 18.8 Å². The van der Waals surface area contributed by atoms with Crippen LogP contribution in [0, 0.1) is 23.6 Å². The molecule has 1 aliphatic carbocycles. The lowest BCUT2D eigenvalue weighted by atomic mass is 9.75. The smallest absolute Gasteiger partial charge is 0.326 e. The number of aromatic amines is 1. The maximum atomic E-state index is 14.5. The third kappa shape index (κ3) is 4.90. The van der Waals surface area contributed by atoms with Crippen molar-refractivity contribution in [3.8, 4) is 0 Å². The van der Waals surface area contributed by atoms with Gasteiger partial charge in [0.15, 0.2) is 0 Å². The van der Waals surface area contributed by atoms with Gasteiger partial charge in [0.2, 0.25) is 0 Å². The summed E-state index contributed by atoms with van der Waals surface area (Å²) in [4.78, 5) is 42.3. The van der Waals surface area contributed by atoms with Crippen LogP contribution >= 0.6 is 0 Å². The lowest BCUT2D eigenvalue weighted by Crippen LogP contribution is -2.41. The Morgan fingerprint density at radius 2 is 1.79 bits per heavy atom. The van der Waals surface area contributed by atoms with Crippen LogP contribution in [0.25, 0.3) is 11.0 Å². The van der Waals surface area contributed by atoms with Crippen molar-refractivity contribution in [3.63, 3.8) is 0 Å². The number of likely N-dealkylation sites (tertiary alicyclic amines) is 1. The van der Waals surface area contributed by atoms with Crippen molar-refractivity contribution in [2.24, 2.45) is 17.8 Å². The minimum atomic E-state index is -0.648. The fourth-order valence-corrected chi connectivity index (χ4v) is 5.61. The van der Waals surface area contributed by atoms with Crippen LogP contribution in [0.15, 0.2) is 16.9 Å². The second-order valence-corrected chi connectivity index (χ2v) is 10.1. The number of fused-ring (bicyclic) bond motifs is 1. The molecule has 1 aliphatic heterocycles. The van der Waals surface area contributed by atoms with Crippen LogP contribution in [-0.2, 0) is 4.79 Å². The number of halogens is 1. The highest BCUT2D eigenvalue weighted by atomic mass is 19.1. The van der Waals surface area contributed by atoms with Crippen LogP contribution in [0.5, 0.6) is 0 Å². The molecule has 2 N–H and O–H groups in total. The van der Waals surface area contributed by atoms with E-state index in [4.69, 9.17) is 0 Å². The van der Waals surface area contributed by atoms with Crippen LogP contribution in [0.2, 0.25) is 0 Å². The van der Waals surface area contributed by atoms with Gasteiger partial charge in [-0.2, -0.15) is 0 Å².